The van der Waals surface area contributed by atoms with Crippen molar-refractivity contribution in [3.8, 4) is 0 Å². The third-order valence-corrected chi connectivity index (χ3v) is 9.81. The first-order valence-corrected chi connectivity index (χ1v) is 14.7. The summed E-state index contributed by atoms with van der Waals surface area (Å²) in [6, 6.07) is 7.47. The maximum atomic E-state index is 6.04. The average Bonchev–Trinajstić information content (AvgIpc) is 3.63. The second-order valence-corrected chi connectivity index (χ2v) is 12.5. The molecule has 3 saturated heterocycles. The summed E-state index contributed by atoms with van der Waals surface area (Å²) in [6.07, 6.45) is 11.7. The molecule has 0 N–H and O–H groups in total. The van der Waals surface area contributed by atoms with E-state index in [1.165, 1.54) is 82.4 Å². The Morgan fingerprint density at radius 3 is 2.14 bits per heavy atom. The van der Waals surface area contributed by atoms with E-state index in [0.717, 1.165) is 56.6 Å². The van der Waals surface area contributed by atoms with E-state index in [9.17, 15) is 0 Å². The summed E-state index contributed by atoms with van der Waals surface area (Å²) < 4.78 is 11.6. The number of piperazine rings is 1. The zero-order valence-corrected chi connectivity index (χ0v) is 23.4. The third-order valence-electron chi connectivity index (χ3n) is 9.81. The molecule has 6 heteroatoms. The molecular formula is C30H48ClN3O2. The molecule has 1 aromatic rings. The first-order valence-electron chi connectivity index (χ1n) is 14.7. The van der Waals surface area contributed by atoms with E-state index in [-0.39, 0.29) is 12.4 Å². The van der Waals surface area contributed by atoms with Crippen LogP contribution in [0.2, 0.25) is 0 Å². The largest absolute Gasteiger partial charge is 0.381 e. The molecule has 0 amide bonds. The fourth-order valence-electron chi connectivity index (χ4n) is 7.43. The minimum atomic E-state index is 0. The summed E-state index contributed by atoms with van der Waals surface area (Å²) in [7, 11) is 0. The van der Waals surface area contributed by atoms with Gasteiger partial charge in [-0.3, -0.25) is 4.90 Å². The summed E-state index contributed by atoms with van der Waals surface area (Å²) in [4.78, 5) is 8.00. The molecule has 1 spiro atoms. The van der Waals surface area contributed by atoms with Gasteiger partial charge in [0.1, 0.15) is 0 Å². The Balaban J connectivity index is 0.00000267. The molecule has 3 heterocycles. The van der Waals surface area contributed by atoms with Crippen LogP contribution in [0.1, 0.15) is 76.7 Å². The van der Waals surface area contributed by atoms with E-state index in [2.05, 4.69) is 46.7 Å². The predicted molar refractivity (Wildman–Crippen MR) is 151 cm³/mol. The first kappa shape index (κ1) is 26.6. The highest BCUT2D eigenvalue weighted by Crippen LogP contribution is 2.59. The lowest BCUT2D eigenvalue weighted by atomic mass is 9.76. The SMILES string of the molecule is C[C@@H]1CN(c2ccc(N3CCN(CC4CCOCC4)CC3)c(C3CCC4(CC3)CC4)c2)C[C@H](C)O1.Cl. The van der Waals surface area contributed by atoms with Crippen molar-refractivity contribution in [1.29, 1.82) is 0 Å². The van der Waals surface area contributed by atoms with E-state index < -0.39 is 0 Å². The maximum Gasteiger partial charge on any atom is 0.0726 e. The highest BCUT2D eigenvalue weighted by Gasteiger charge is 2.45. The predicted octanol–water partition coefficient (Wildman–Crippen LogP) is 5.71. The molecule has 1 aromatic carbocycles. The molecule has 0 unspecified atom stereocenters. The highest BCUT2D eigenvalue weighted by atomic mass is 35.5. The zero-order valence-electron chi connectivity index (χ0n) is 22.6. The Morgan fingerprint density at radius 1 is 0.833 bits per heavy atom. The van der Waals surface area contributed by atoms with Gasteiger partial charge < -0.3 is 19.3 Å². The average molecular weight is 518 g/mol. The minimum absolute atomic E-state index is 0. The van der Waals surface area contributed by atoms with Gasteiger partial charge in [0, 0.05) is 70.4 Å². The molecule has 0 aromatic heterocycles. The number of benzene rings is 1. The second kappa shape index (κ2) is 11.4. The normalized spacial score (nSPS) is 29.8. The van der Waals surface area contributed by atoms with E-state index in [4.69, 9.17) is 9.47 Å². The fourth-order valence-corrected chi connectivity index (χ4v) is 7.43. The lowest BCUT2D eigenvalue weighted by Gasteiger charge is -2.41. The molecular weight excluding hydrogens is 470 g/mol. The molecule has 6 rings (SSSR count). The van der Waals surface area contributed by atoms with Crippen molar-refractivity contribution in [3.05, 3.63) is 23.8 Å². The lowest BCUT2D eigenvalue weighted by molar-refractivity contribution is -0.00522. The fraction of sp³-hybridized carbons (Fsp3) is 0.800. The number of halogens is 1. The van der Waals surface area contributed by atoms with Crippen LogP contribution in [0.3, 0.4) is 0 Å². The summed E-state index contributed by atoms with van der Waals surface area (Å²) in [5, 5.41) is 0. The van der Waals surface area contributed by atoms with Gasteiger partial charge in [-0.1, -0.05) is 0 Å². The van der Waals surface area contributed by atoms with Gasteiger partial charge in [0.25, 0.3) is 0 Å². The Hall–Kier alpha value is -1.01. The second-order valence-electron chi connectivity index (χ2n) is 12.5. The summed E-state index contributed by atoms with van der Waals surface area (Å²) in [5.74, 6) is 1.56. The Morgan fingerprint density at radius 2 is 1.50 bits per heavy atom. The number of rotatable bonds is 5. The van der Waals surface area contributed by atoms with Crippen molar-refractivity contribution in [2.24, 2.45) is 11.3 Å². The van der Waals surface area contributed by atoms with Crippen molar-refractivity contribution in [2.75, 3.05) is 68.8 Å². The Labute approximate surface area is 225 Å². The number of ether oxygens (including phenoxy) is 2. The van der Waals surface area contributed by atoms with Crippen molar-refractivity contribution in [3.63, 3.8) is 0 Å². The monoisotopic (exact) mass is 517 g/mol. The third kappa shape index (κ3) is 6.00. The molecule has 0 radical (unpaired) electrons. The van der Waals surface area contributed by atoms with E-state index in [1.54, 1.807) is 5.56 Å². The van der Waals surface area contributed by atoms with Gasteiger partial charge in [0.05, 0.1) is 12.2 Å². The lowest BCUT2D eigenvalue weighted by Crippen LogP contribution is -2.48. The van der Waals surface area contributed by atoms with Crippen molar-refractivity contribution < 1.29 is 9.47 Å². The Bertz CT molecular complexity index is 844. The van der Waals surface area contributed by atoms with Gasteiger partial charge in [-0.25, -0.2) is 0 Å². The molecule has 0 bridgehead atoms. The molecule has 5 nitrogen and oxygen atoms in total. The first-order chi connectivity index (χ1) is 17.1. The van der Waals surface area contributed by atoms with Gasteiger partial charge in [-0.2, -0.15) is 0 Å². The number of hydrogen-bond donors (Lipinski definition) is 0. The molecule has 3 aliphatic heterocycles. The van der Waals surface area contributed by atoms with Crippen LogP contribution in [0.25, 0.3) is 0 Å². The molecule has 5 fully saturated rings. The van der Waals surface area contributed by atoms with Crippen LogP contribution in [-0.4, -0.2) is 76.1 Å². The number of hydrogen-bond acceptors (Lipinski definition) is 5. The molecule has 2 aliphatic carbocycles. The summed E-state index contributed by atoms with van der Waals surface area (Å²) >= 11 is 0. The van der Waals surface area contributed by atoms with E-state index in [0.29, 0.717) is 12.2 Å². The van der Waals surface area contributed by atoms with Crippen LogP contribution < -0.4 is 9.80 Å². The van der Waals surface area contributed by atoms with Crippen LogP contribution in [0, 0.1) is 11.3 Å². The zero-order chi connectivity index (χ0) is 23.8. The van der Waals surface area contributed by atoms with Gasteiger partial charge in [-0.15, -0.1) is 12.4 Å². The van der Waals surface area contributed by atoms with Gasteiger partial charge in [0.15, 0.2) is 0 Å². The number of nitrogens with zero attached hydrogens (tertiary/aromatic N) is 3. The molecule has 2 saturated carbocycles. The van der Waals surface area contributed by atoms with Crippen LogP contribution in [0.15, 0.2) is 18.2 Å². The quantitative estimate of drug-likeness (QED) is 0.499. The van der Waals surface area contributed by atoms with Crippen molar-refractivity contribution >= 4 is 23.8 Å². The van der Waals surface area contributed by atoms with E-state index in [1.807, 2.05) is 0 Å². The minimum Gasteiger partial charge on any atom is -0.381 e. The van der Waals surface area contributed by atoms with E-state index >= 15 is 0 Å². The van der Waals surface area contributed by atoms with Crippen LogP contribution in [0.4, 0.5) is 11.4 Å². The highest BCUT2D eigenvalue weighted by molar-refractivity contribution is 5.85. The molecule has 5 aliphatic rings. The number of anilines is 2. The maximum absolute atomic E-state index is 6.04. The van der Waals surface area contributed by atoms with Crippen molar-refractivity contribution in [1.82, 2.24) is 4.90 Å². The topological polar surface area (TPSA) is 28.2 Å². The smallest absolute Gasteiger partial charge is 0.0726 e. The summed E-state index contributed by atoms with van der Waals surface area (Å²) in [5.41, 5.74) is 5.34. The molecule has 2 atom stereocenters. The van der Waals surface area contributed by atoms with Crippen LogP contribution in [0.5, 0.6) is 0 Å². The van der Waals surface area contributed by atoms with Gasteiger partial charge in [-0.05, 0) is 106 Å². The van der Waals surface area contributed by atoms with Crippen LogP contribution in [-0.2, 0) is 9.47 Å². The Kier molecular flexibility index (Phi) is 8.41. The van der Waals surface area contributed by atoms with Crippen molar-refractivity contribution in [2.45, 2.75) is 83.3 Å². The molecule has 36 heavy (non-hydrogen) atoms. The standard InChI is InChI=1S/C30H47N3O2.ClH/c1-23-20-33(21-24(2)35-23)27-3-4-29(28(19-27)26-5-9-30(10-6-26)11-12-30)32-15-13-31(14-16-32)22-25-7-17-34-18-8-25;/h3-4,19,23-26H,5-18,20-22H2,1-2H3;1H/t23-,24+;. The van der Waals surface area contributed by atoms with Gasteiger partial charge >= 0.3 is 0 Å². The molecule has 202 valence electrons. The van der Waals surface area contributed by atoms with Gasteiger partial charge in [0.2, 0.25) is 0 Å². The van der Waals surface area contributed by atoms with Crippen LogP contribution >= 0.6 is 12.4 Å². The number of morpholine rings is 1. The summed E-state index contributed by atoms with van der Waals surface area (Å²) in [6.45, 7) is 14.4.